The van der Waals surface area contributed by atoms with Crippen LogP contribution in [0.5, 0.6) is 5.75 Å². The summed E-state index contributed by atoms with van der Waals surface area (Å²) in [6.07, 6.45) is 0.512. The Balaban J connectivity index is 3.39. The van der Waals surface area contributed by atoms with Crippen molar-refractivity contribution in [3.8, 4) is 5.75 Å². The van der Waals surface area contributed by atoms with Crippen molar-refractivity contribution in [3.05, 3.63) is 41.7 Å². The highest BCUT2D eigenvalue weighted by Gasteiger charge is 2.27. The number of hydrogen-bond donors (Lipinski definition) is 0. The van der Waals surface area contributed by atoms with Crippen LogP contribution in [0.25, 0.3) is 0 Å². The van der Waals surface area contributed by atoms with Crippen LogP contribution in [-0.2, 0) is 4.79 Å². The molecule has 0 aliphatic rings. The van der Waals surface area contributed by atoms with E-state index in [1.165, 1.54) is 0 Å². The second-order valence-corrected chi connectivity index (χ2v) is 2.52. The van der Waals surface area contributed by atoms with Gasteiger partial charge in [-0.25, -0.2) is 18.0 Å². The molecule has 16 heavy (non-hydrogen) atoms. The minimum Gasteiger partial charge on any atom is -0.417 e. The Morgan fingerprint density at radius 1 is 0.938 bits per heavy atom. The van der Waals surface area contributed by atoms with E-state index < -0.39 is 40.8 Å². The Hall–Kier alpha value is -1.92. The van der Waals surface area contributed by atoms with Crippen molar-refractivity contribution in [2.24, 2.45) is 0 Å². The molecule has 0 aromatic heterocycles. The van der Waals surface area contributed by atoms with Crippen molar-refractivity contribution in [2.45, 2.75) is 0 Å². The first-order chi connectivity index (χ1) is 7.40. The first kappa shape index (κ1) is 12.2. The van der Waals surface area contributed by atoms with E-state index in [2.05, 4.69) is 11.3 Å². The van der Waals surface area contributed by atoms with Crippen molar-refractivity contribution in [2.75, 3.05) is 0 Å². The minimum absolute atomic E-state index is 0.512. The van der Waals surface area contributed by atoms with Gasteiger partial charge in [-0.3, -0.25) is 0 Å². The van der Waals surface area contributed by atoms with Crippen LogP contribution in [-0.4, -0.2) is 5.97 Å². The van der Waals surface area contributed by atoms with E-state index in [9.17, 15) is 26.7 Å². The van der Waals surface area contributed by atoms with Gasteiger partial charge in [-0.05, 0) is 0 Å². The van der Waals surface area contributed by atoms with E-state index in [1.807, 2.05) is 0 Å². The first-order valence-electron chi connectivity index (χ1n) is 3.75. The molecule has 0 spiro atoms. The molecule has 2 nitrogen and oxygen atoms in total. The lowest BCUT2D eigenvalue weighted by atomic mass is 10.2. The summed E-state index contributed by atoms with van der Waals surface area (Å²) < 4.78 is 67.3. The third-order valence-corrected chi connectivity index (χ3v) is 1.54. The third kappa shape index (κ3) is 1.88. The van der Waals surface area contributed by atoms with Crippen molar-refractivity contribution in [1.82, 2.24) is 0 Å². The van der Waals surface area contributed by atoms with E-state index in [0.29, 0.717) is 6.08 Å². The summed E-state index contributed by atoms with van der Waals surface area (Å²) in [5.74, 6) is -14.1. The van der Waals surface area contributed by atoms with Crippen molar-refractivity contribution >= 4 is 5.97 Å². The Kier molecular flexibility index (Phi) is 3.26. The van der Waals surface area contributed by atoms with E-state index in [-0.39, 0.29) is 0 Å². The largest absolute Gasteiger partial charge is 0.417 e. The molecule has 0 atom stereocenters. The zero-order valence-corrected chi connectivity index (χ0v) is 7.49. The molecule has 0 N–H and O–H groups in total. The van der Waals surface area contributed by atoms with Gasteiger partial charge in [0.2, 0.25) is 34.8 Å². The molecule has 0 bridgehead atoms. The summed E-state index contributed by atoms with van der Waals surface area (Å²) >= 11 is 0. The van der Waals surface area contributed by atoms with E-state index in [4.69, 9.17) is 0 Å². The molecule has 0 aliphatic heterocycles. The zero-order valence-electron chi connectivity index (χ0n) is 7.49. The van der Waals surface area contributed by atoms with Gasteiger partial charge in [-0.2, -0.15) is 8.78 Å². The summed E-state index contributed by atoms with van der Waals surface area (Å²) in [7, 11) is 0. The maximum absolute atomic E-state index is 12.9. The molecule has 0 saturated carbocycles. The Morgan fingerprint density at radius 3 is 1.69 bits per heavy atom. The first-order valence-corrected chi connectivity index (χ1v) is 3.75. The van der Waals surface area contributed by atoms with Gasteiger partial charge in [0.05, 0.1) is 0 Å². The van der Waals surface area contributed by atoms with Crippen LogP contribution >= 0.6 is 0 Å². The van der Waals surface area contributed by atoms with E-state index in [0.717, 1.165) is 0 Å². The number of rotatable bonds is 2. The second-order valence-electron chi connectivity index (χ2n) is 2.52. The molecular formula is C9H3F5O2. The fourth-order valence-corrected chi connectivity index (χ4v) is 0.817. The molecule has 0 saturated heterocycles. The maximum Gasteiger partial charge on any atom is 0.335 e. The molecule has 0 fully saturated rings. The number of carbonyl (C=O) groups excluding carboxylic acids is 1. The van der Waals surface area contributed by atoms with Gasteiger partial charge >= 0.3 is 5.97 Å². The standard InChI is InChI=1S/C9H3F5O2/c1-2-3(15)16-9-7(13)5(11)4(10)6(12)8(9)14/h2H,1H2. The second kappa shape index (κ2) is 4.30. The van der Waals surface area contributed by atoms with Crippen molar-refractivity contribution in [3.63, 3.8) is 0 Å². The zero-order chi connectivity index (χ0) is 12.5. The van der Waals surface area contributed by atoms with Crippen LogP contribution in [0, 0.1) is 29.1 Å². The summed E-state index contributed by atoms with van der Waals surface area (Å²) in [6, 6.07) is 0. The Morgan fingerprint density at radius 2 is 1.31 bits per heavy atom. The lowest BCUT2D eigenvalue weighted by Crippen LogP contribution is -2.11. The molecule has 0 aliphatic carbocycles. The Bertz CT molecular complexity index is 440. The molecule has 1 rings (SSSR count). The fraction of sp³-hybridized carbons (Fsp3) is 0. The number of carbonyl (C=O) groups is 1. The van der Waals surface area contributed by atoms with Crippen LogP contribution in [0.1, 0.15) is 0 Å². The average Bonchev–Trinajstić information content (AvgIpc) is 2.29. The monoisotopic (exact) mass is 238 g/mol. The van der Waals surface area contributed by atoms with Gasteiger partial charge in [-0.1, -0.05) is 6.58 Å². The van der Waals surface area contributed by atoms with Crippen LogP contribution in [0.15, 0.2) is 12.7 Å². The molecule has 1 aromatic rings. The lowest BCUT2D eigenvalue weighted by Gasteiger charge is -2.06. The topological polar surface area (TPSA) is 26.3 Å². The van der Waals surface area contributed by atoms with E-state index >= 15 is 0 Å². The van der Waals surface area contributed by atoms with Crippen LogP contribution in [0.2, 0.25) is 0 Å². The lowest BCUT2D eigenvalue weighted by molar-refractivity contribution is -0.129. The minimum atomic E-state index is -2.33. The quantitative estimate of drug-likeness (QED) is 0.197. The molecule has 0 unspecified atom stereocenters. The summed E-state index contributed by atoms with van der Waals surface area (Å²) in [6.45, 7) is 2.90. The Labute approximate surface area is 85.9 Å². The third-order valence-electron chi connectivity index (χ3n) is 1.54. The molecule has 0 amide bonds. The van der Waals surface area contributed by atoms with Gasteiger partial charge in [0.15, 0.2) is 0 Å². The highest BCUT2D eigenvalue weighted by molar-refractivity contribution is 5.83. The summed E-state index contributed by atoms with van der Waals surface area (Å²) in [5, 5.41) is 0. The molecule has 86 valence electrons. The highest BCUT2D eigenvalue weighted by Crippen LogP contribution is 2.29. The van der Waals surface area contributed by atoms with Gasteiger partial charge in [0.25, 0.3) is 0 Å². The molecule has 1 aromatic carbocycles. The van der Waals surface area contributed by atoms with Crippen LogP contribution in [0.4, 0.5) is 22.0 Å². The van der Waals surface area contributed by atoms with Gasteiger partial charge < -0.3 is 4.74 Å². The molecule has 7 heteroatoms. The molecule has 0 radical (unpaired) electrons. The SMILES string of the molecule is C=CC(=O)Oc1c(F)c(F)c(F)c(F)c1F. The predicted molar refractivity (Wildman–Crippen MR) is 42.1 cm³/mol. The summed E-state index contributed by atoms with van der Waals surface area (Å²) in [5.41, 5.74) is 0. The molecular weight excluding hydrogens is 235 g/mol. The van der Waals surface area contributed by atoms with Crippen LogP contribution < -0.4 is 4.74 Å². The summed E-state index contributed by atoms with van der Waals surface area (Å²) in [4.78, 5) is 10.6. The predicted octanol–water partition coefficient (Wildman–Crippen LogP) is 2.47. The smallest absolute Gasteiger partial charge is 0.335 e. The number of ether oxygens (including phenoxy) is 1. The van der Waals surface area contributed by atoms with Crippen LogP contribution in [0.3, 0.4) is 0 Å². The average molecular weight is 238 g/mol. The normalized spacial score (nSPS) is 10.1. The van der Waals surface area contributed by atoms with E-state index in [1.54, 1.807) is 0 Å². The highest BCUT2D eigenvalue weighted by atomic mass is 19.2. The maximum atomic E-state index is 12.9. The number of benzene rings is 1. The van der Waals surface area contributed by atoms with Crippen molar-refractivity contribution < 1.29 is 31.5 Å². The van der Waals surface area contributed by atoms with Gasteiger partial charge in [0.1, 0.15) is 0 Å². The number of halogens is 5. The van der Waals surface area contributed by atoms with Crippen molar-refractivity contribution in [1.29, 1.82) is 0 Å². The van der Waals surface area contributed by atoms with Gasteiger partial charge in [0, 0.05) is 6.08 Å². The van der Waals surface area contributed by atoms with Gasteiger partial charge in [-0.15, -0.1) is 0 Å². The molecule has 0 heterocycles. The number of hydrogen-bond acceptors (Lipinski definition) is 2. The number of esters is 1. The fourth-order valence-electron chi connectivity index (χ4n) is 0.817.